The van der Waals surface area contributed by atoms with Gasteiger partial charge in [0.2, 0.25) is 0 Å². The summed E-state index contributed by atoms with van der Waals surface area (Å²) < 4.78 is 10.9. The van der Waals surface area contributed by atoms with Crippen LogP contribution in [0.15, 0.2) is 63.8 Å². The van der Waals surface area contributed by atoms with Crippen LogP contribution in [0.4, 0.5) is 0 Å². The zero-order valence-electron chi connectivity index (χ0n) is 13.6. The summed E-state index contributed by atoms with van der Waals surface area (Å²) in [6.45, 7) is 0.242. The third-order valence-electron chi connectivity index (χ3n) is 3.46. The highest BCUT2D eigenvalue weighted by Gasteiger charge is 2.11. The van der Waals surface area contributed by atoms with Crippen molar-refractivity contribution in [3.8, 4) is 17.6 Å². The van der Waals surface area contributed by atoms with E-state index in [1.165, 1.54) is 6.07 Å². The highest BCUT2D eigenvalue weighted by atomic mass is 35.5. The number of amides is 1. The molecule has 0 unspecified atom stereocenters. The molecule has 0 spiro atoms. The molecule has 6 heteroatoms. The molecule has 3 rings (SSSR count). The molecule has 0 aliphatic heterocycles. The quantitative estimate of drug-likeness (QED) is 0.719. The Morgan fingerprint density at radius 2 is 1.88 bits per heavy atom. The van der Waals surface area contributed by atoms with Crippen LogP contribution in [0.2, 0.25) is 5.02 Å². The SMILES string of the molecule is O=C(NCC#CCOc1ccccc1Cl)c1cc(=O)c2ccccc2o1. The number of hydrogen-bond donors (Lipinski definition) is 1. The molecule has 1 aromatic heterocycles. The maximum Gasteiger partial charge on any atom is 0.287 e. The van der Waals surface area contributed by atoms with Gasteiger partial charge in [0.25, 0.3) is 5.91 Å². The Hall–Kier alpha value is -3.23. The van der Waals surface area contributed by atoms with Crippen molar-refractivity contribution in [1.29, 1.82) is 0 Å². The predicted octanol–water partition coefficient (Wildman–Crippen LogP) is 3.26. The second kappa shape index (κ2) is 8.24. The molecule has 0 bridgehead atoms. The monoisotopic (exact) mass is 367 g/mol. The van der Waals surface area contributed by atoms with Gasteiger partial charge in [0.05, 0.1) is 17.0 Å². The minimum absolute atomic E-state index is 0.0529. The Labute approximate surface area is 154 Å². The molecule has 130 valence electrons. The first kappa shape index (κ1) is 17.6. The van der Waals surface area contributed by atoms with Crippen LogP contribution in [0.5, 0.6) is 5.75 Å². The minimum atomic E-state index is -0.505. The minimum Gasteiger partial charge on any atom is -0.479 e. The number of nitrogens with one attached hydrogen (secondary N) is 1. The lowest BCUT2D eigenvalue weighted by molar-refractivity contribution is 0.0931. The van der Waals surface area contributed by atoms with E-state index < -0.39 is 5.91 Å². The standard InChI is InChI=1S/C20H14ClNO4/c21-15-8-2-4-10-18(15)25-12-6-5-11-22-20(24)19-13-16(23)14-7-1-3-9-17(14)26-19/h1-4,7-10,13H,11-12H2,(H,22,24). The molecule has 0 radical (unpaired) electrons. The molecule has 1 N–H and O–H groups in total. The molecule has 5 nitrogen and oxygen atoms in total. The van der Waals surface area contributed by atoms with E-state index in [9.17, 15) is 9.59 Å². The van der Waals surface area contributed by atoms with E-state index in [4.69, 9.17) is 20.8 Å². The van der Waals surface area contributed by atoms with E-state index in [0.29, 0.717) is 21.7 Å². The Bertz CT molecular complexity index is 1060. The molecule has 0 atom stereocenters. The van der Waals surface area contributed by atoms with Crippen molar-refractivity contribution < 1.29 is 13.9 Å². The van der Waals surface area contributed by atoms with E-state index in [2.05, 4.69) is 17.2 Å². The smallest absolute Gasteiger partial charge is 0.287 e. The van der Waals surface area contributed by atoms with Crippen LogP contribution in [0.25, 0.3) is 11.0 Å². The van der Waals surface area contributed by atoms with Crippen molar-refractivity contribution in [2.75, 3.05) is 13.2 Å². The van der Waals surface area contributed by atoms with Gasteiger partial charge in [0.1, 0.15) is 17.9 Å². The first-order valence-electron chi connectivity index (χ1n) is 7.79. The second-order valence-electron chi connectivity index (χ2n) is 5.23. The average Bonchev–Trinajstić information content (AvgIpc) is 2.65. The summed E-state index contributed by atoms with van der Waals surface area (Å²) in [5, 5.41) is 3.51. The van der Waals surface area contributed by atoms with Gasteiger partial charge in [0.15, 0.2) is 11.2 Å². The van der Waals surface area contributed by atoms with Crippen LogP contribution in [0.3, 0.4) is 0 Å². The summed E-state index contributed by atoms with van der Waals surface area (Å²) >= 11 is 5.96. The van der Waals surface area contributed by atoms with Crippen molar-refractivity contribution in [2.24, 2.45) is 0 Å². The van der Waals surface area contributed by atoms with Crippen LogP contribution in [0, 0.1) is 11.8 Å². The van der Waals surface area contributed by atoms with Crippen molar-refractivity contribution in [3.63, 3.8) is 0 Å². The van der Waals surface area contributed by atoms with Crippen LogP contribution >= 0.6 is 11.6 Å². The molecule has 0 aliphatic rings. The maximum absolute atomic E-state index is 12.1. The van der Waals surface area contributed by atoms with Gasteiger partial charge >= 0.3 is 0 Å². The predicted molar refractivity (Wildman–Crippen MR) is 99.5 cm³/mol. The lowest BCUT2D eigenvalue weighted by Gasteiger charge is -2.03. The Morgan fingerprint density at radius 3 is 2.73 bits per heavy atom. The van der Waals surface area contributed by atoms with Crippen LogP contribution in [-0.4, -0.2) is 19.1 Å². The Morgan fingerprint density at radius 1 is 1.12 bits per heavy atom. The van der Waals surface area contributed by atoms with Crippen molar-refractivity contribution in [1.82, 2.24) is 5.32 Å². The fraction of sp³-hybridized carbons (Fsp3) is 0.100. The number of ether oxygens (including phenoxy) is 1. The third-order valence-corrected chi connectivity index (χ3v) is 3.77. The molecule has 0 aliphatic carbocycles. The van der Waals surface area contributed by atoms with E-state index >= 15 is 0 Å². The number of halogens is 1. The zero-order valence-corrected chi connectivity index (χ0v) is 14.4. The van der Waals surface area contributed by atoms with Crippen molar-refractivity contribution in [2.45, 2.75) is 0 Å². The van der Waals surface area contributed by atoms with E-state index in [-0.39, 0.29) is 24.3 Å². The number of carbonyl (C=O) groups excluding carboxylic acids is 1. The fourth-order valence-corrected chi connectivity index (χ4v) is 2.41. The fourth-order valence-electron chi connectivity index (χ4n) is 2.22. The number of benzene rings is 2. The molecule has 0 saturated carbocycles. The van der Waals surface area contributed by atoms with Crippen molar-refractivity contribution >= 4 is 28.5 Å². The molecule has 0 saturated heterocycles. The molecule has 0 fully saturated rings. The highest BCUT2D eigenvalue weighted by molar-refractivity contribution is 6.32. The topological polar surface area (TPSA) is 68.5 Å². The van der Waals surface area contributed by atoms with Gasteiger partial charge in [-0.25, -0.2) is 0 Å². The highest BCUT2D eigenvalue weighted by Crippen LogP contribution is 2.22. The van der Waals surface area contributed by atoms with Gasteiger partial charge in [-0.3, -0.25) is 9.59 Å². The molecular weight excluding hydrogens is 354 g/mol. The summed E-state index contributed by atoms with van der Waals surface area (Å²) in [7, 11) is 0. The number of para-hydroxylation sites is 2. The summed E-state index contributed by atoms with van der Waals surface area (Å²) in [5.41, 5.74) is 0.0978. The van der Waals surface area contributed by atoms with Gasteiger partial charge in [-0.2, -0.15) is 0 Å². The lowest BCUT2D eigenvalue weighted by Crippen LogP contribution is -2.24. The lowest BCUT2D eigenvalue weighted by atomic mass is 10.2. The number of rotatable bonds is 4. The summed E-state index contributed by atoms with van der Waals surface area (Å²) in [5.74, 6) is 5.52. The molecule has 26 heavy (non-hydrogen) atoms. The van der Waals surface area contributed by atoms with Gasteiger partial charge in [-0.1, -0.05) is 47.7 Å². The average molecular weight is 368 g/mol. The third kappa shape index (κ3) is 4.24. The van der Waals surface area contributed by atoms with Gasteiger partial charge in [0, 0.05) is 6.07 Å². The maximum atomic E-state index is 12.1. The number of hydrogen-bond acceptors (Lipinski definition) is 4. The second-order valence-corrected chi connectivity index (χ2v) is 5.63. The van der Waals surface area contributed by atoms with E-state index in [0.717, 1.165) is 0 Å². The first-order valence-corrected chi connectivity index (χ1v) is 8.17. The van der Waals surface area contributed by atoms with Crippen LogP contribution in [-0.2, 0) is 0 Å². The van der Waals surface area contributed by atoms with Crippen molar-refractivity contribution in [3.05, 3.63) is 75.6 Å². The summed E-state index contributed by atoms with van der Waals surface area (Å²) in [4.78, 5) is 24.1. The largest absolute Gasteiger partial charge is 0.479 e. The number of carbonyl (C=O) groups is 1. The Kier molecular flexibility index (Phi) is 5.57. The Balaban J connectivity index is 1.55. The first-order chi connectivity index (χ1) is 12.6. The van der Waals surface area contributed by atoms with Crippen LogP contribution < -0.4 is 15.5 Å². The number of fused-ring (bicyclic) bond motifs is 1. The molecule has 2 aromatic carbocycles. The zero-order chi connectivity index (χ0) is 18.4. The molecular formula is C20H14ClNO4. The van der Waals surface area contributed by atoms with Gasteiger partial charge in [-0.15, -0.1) is 0 Å². The molecule has 3 aromatic rings. The normalized spacial score (nSPS) is 10.0. The van der Waals surface area contributed by atoms with Crippen LogP contribution in [0.1, 0.15) is 10.6 Å². The van der Waals surface area contributed by atoms with Gasteiger partial charge in [-0.05, 0) is 24.3 Å². The molecule has 1 amide bonds. The van der Waals surface area contributed by atoms with E-state index in [1.54, 1.807) is 36.4 Å². The molecule has 1 heterocycles. The van der Waals surface area contributed by atoms with E-state index in [1.807, 2.05) is 12.1 Å². The summed E-state index contributed by atoms with van der Waals surface area (Å²) in [6, 6.07) is 15.0. The summed E-state index contributed by atoms with van der Waals surface area (Å²) in [6.07, 6.45) is 0. The van der Waals surface area contributed by atoms with Gasteiger partial charge < -0.3 is 14.5 Å².